The highest BCUT2D eigenvalue weighted by molar-refractivity contribution is 5.82. The number of pyridine rings is 1. The third-order valence-electron chi connectivity index (χ3n) is 5.20. The summed E-state index contributed by atoms with van der Waals surface area (Å²) in [4.78, 5) is 19.5. The lowest BCUT2D eigenvalue weighted by atomic mass is 9.81. The van der Waals surface area contributed by atoms with Gasteiger partial charge in [-0.15, -0.1) is 0 Å². The Balaban J connectivity index is 1.60. The minimum Gasteiger partial charge on any atom is -0.351 e. The number of likely N-dealkylation sites (tertiary alicyclic amines) is 1. The summed E-state index contributed by atoms with van der Waals surface area (Å²) < 4.78 is 0. The maximum absolute atomic E-state index is 12.6. The van der Waals surface area contributed by atoms with Crippen LogP contribution < -0.4 is 5.32 Å². The lowest BCUT2D eigenvalue weighted by Gasteiger charge is -2.38. The summed E-state index contributed by atoms with van der Waals surface area (Å²) in [5.41, 5.74) is 3.49. The van der Waals surface area contributed by atoms with E-state index in [1.54, 1.807) is 0 Å². The molecule has 4 heteroatoms. The van der Waals surface area contributed by atoms with Gasteiger partial charge in [0.25, 0.3) is 0 Å². The molecular formula is C18H27N3O. The number of amides is 1. The zero-order valence-electron chi connectivity index (χ0n) is 13.8. The molecule has 1 N–H and O–H groups in total. The second-order valence-electron chi connectivity index (χ2n) is 7.02. The fourth-order valence-electron chi connectivity index (χ4n) is 3.77. The highest BCUT2D eigenvalue weighted by Crippen LogP contribution is 2.29. The second-order valence-corrected chi connectivity index (χ2v) is 7.02. The molecule has 0 bridgehead atoms. The normalized spacial score (nSPS) is 25.0. The highest BCUT2D eigenvalue weighted by Gasteiger charge is 2.37. The standard InChI is InChI=1S/C18H27N3O/c1-3-21-9-5-8-18(2,13-21)17(22)20-12-14-10-15-6-4-7-16(15)19-11-14/h10-11H,3-9,12-13H2,1-2H3,(H,20,22)/t18-/m0/s1. The van der Waals surface area contributed by atoms with E-state index in [1.807, 2.05) is 6.20 Å². The Morgan fingerprint density at radius 3 is 3.09 bits per heavy atom. The summed E-state index contributed by atoms with van der Waals surface area (Å²) in [7, 11) is 0. The number of hydrogen-bond donors (Lipinski definition) is 1. The number of carbonyl (C=O) groups excluding carboxylic acids is 1. The van der Waals surface area contributed by atoms with E-state index in [-0.39, 0.29) is 11.3 Å². The molecule has 2 aliphatic rings. The van der Waals surface area contributed by atoms with Crippen LogP contribution in [0.3, 0.4) is 0 Å². The summed E-state index contributed by atoms with van der Waals surface area (Å²) in [5, 5.41) is 3.14. The summed E-state index contributed by atoms with van der Waals surface area (Å²) in [6, 6.07) is 2.22. The van der Waals surface area contributed by atoms with Gasteiger partial charge in [0.15, 0.2) is 0 Å². The Bertz CT molecular complexity index is 557. The molecule has 0 spiro atoms. The van der Waals surface area contributed by atoms with Crippen LogP contribution >= 0.6 is 0 Å². The van der Waals surface area contributed by atoms with Crippen molar-refractivity contribution in [2.24, 2.45) is 5.41 Å². The quantitative estimate of drug-likeness (QED) is 0.928. The predicted octanol–water partition coefficient (Wildman–Crippen LogP) is 2.31. The fourth-order valence-corrected chi connectivity index (χ4v) is 3.77. The Kier molecular flexibility index (Phi) is 4.48. The van der Waals surface area contributed by atoms with E-state index in [0.29, 0.717) is 6.54 Å². The number of carbonyl (C=O) groups is 1. The van der Waals surface area contributed by atoms with Crippen LogP contribution in [-0.2, 0) is 24.2 Å². The molecule has 0 radical (unpaired) electrons. The van der Waals surface area contributed by atoms with Crippen LogP contribution in [0.15, 0.2) is 12.3 Å². The van der Waals surface area contributed by atoms with E-state index in [1.165, 1.54) is 17.7 Å². The smallest absolute Gasteiger partial charge is 0.227 e. The number of nitrogens with zero attached hydrogens (tertiary/aromatic N) is 2. The number of aromatic nitrogens is 1. The van der Waals surface area contributed by atoms with Crippen LogP contribution in [0, 0.1) is 5.41 Å². The molecule has 22 heavy (non-hydrogen) atoms. The Morgan fingerprint density at radius 2 is 2.27 bits per heavy atom. The number of hydrogen-bond acceptors (Lipinski definition) is 3. The molecule has 0 saturated carbocycles. The number of aryl methyl sites for hydroxylation is 2. The first-order chi connectivity index (χ1) is 10.6. The van der Waals surface area contributed by atoms with Gasteiger partial charge >= 0.3 is 0 Å². The SMILES string of the molecule is CCN1CCC[C@](C)(C(=O)NCc2cnc3c(c2)CCC3)C1. The van der Waals surface area contributed by atoms with E-state index in [0.717, 1.165) is 50.9 Å². The summed E-state index contributed by atoms with van der Waals surface area (Å²) in [6.45, 7) is 7.88. The Labute approximate surface area is 133 Å². The monoisotopic (exact) mass is 301 g/mol. The summed E-state index contributed by atoms with van der Waals surface area (Å²) in [6.07, 6.45) is 7.46. The van der Waals surface area contributed by atoms with Crippen molar-refractivity contribution < 1.29 is 4.79 Å². The molecule has 1 aromatic heterocycles. The molecule has 1 fully saturated rings. The maximum Gasteiger partial charge on any atom is 0.227 e. The van der Waals surface area contributed by atoms with Crippen molar-refractivity contribution in [2.45, 2.75) is 52.5 Å². The molecule has 3 rings (SSSR count). The molecule has 1 atom stereocenters. The van der Waals surface area contributed by atoms with Crippen LogP contribution in [0.4, 0.5) is 0 Å². The molecule has 1 aliphatic heterocycles. The van der Waals surface area contributed by atoms with Crippen LogP contribution in [0.2, 0.25) is 0 Å². The number of rotatable bonds is 4. The lowest BCUT2D eigenvalue weighted by Crippen LogP contribution is -2.50. The largest absolute Gasteiger partial charge is 0.351 e. The molecule has 1 aliphatic carbocycles. The predicted molar refractivity (Wildman–Crippen MR) is 87.6 cm³/mol. The lowest BCUT2D eigenvalue weighted by molar-refractivity contribution is -0.133. The third kappa shape index (κ3) is 3.17. The molecule has 4 nitrogen and oxygen atoms in total. The molecule has 1 amide bonds. The molecule has 120 valence electrons. The Hall–Kier alpha value is -1.42. The van der Waals surface area contributed by atoms with Gasteiger partial charge in [-0.2, -0.15) is 0 Å². The number of nitrogens with one attached hydrogen (secondary N) is 1. The molecule has 1 saturated heterocycles. The highest BCUT2D eigenvalue weighted by atomic mass is 16.2. The van der Waals surface area contributed by atoms with Crippen molar-refractivity contribution in [1.82, 2.24) is 15.2 Å². The van der Waals surface area contributed by atoms with E-state index in [4.69, 9.17) is 0 Å². The zero-order chi connectivity index (χ0) is 15.6. The maximum atomic E-state index is 12.6. The van der Waals surface area contributed by atoms with Crippen molar-refractivity contribution in [2.75, 3.05) is 19.6 Å². The topological polar surface area (TPSA) is 45.2 Å². The fraction of sp³-hybridized carbons (Fsp3) is 0.667. The van der Waals surface area contributed by atoms with Crippen LogP contribution in [0.5, 0.6) is 0 Å². The van der Waals surface area contributed by atoms with E-state index in [2.05, 4.69) is 35.1 Å². The molecular weight excluding hydrogens is 274 g/mol. The van der Waals surface area contributed by atoms with Crippen molar-refractivity contribution in [3.8, 4) is 0 Å². The van der Waals surface area contributed by atoms with Gasteiger partial charge in [0, 0.05) is 25.0 Å². The van der Waals surface area contributed by atoms with Gasteiger partial charge in [-0.05, 0) is 63.2 Å². The van der Waals surface area contributed by atoms with Gasteiger partial charge in [0.1, 0.15) is 0 Å². The van der Waals surface area contributed by atoms with Gasteiger partial charge in [0.2, 0.25) is 5.91 Å². The molecule has 0 unspecified atom stereocenters. The van der Waals surface area contributed by atoms with Gasteiger partial charge in [0.05, 0.1) is 5.41 Å². The minimum absolute atomic E-state index is 0.186. The number of piperidine rings is 1. The van der Waals surface area contributed by atoms with Gasteiger partial charge in [-0.25, -0.2) is 0 Å². The van der Waals surface area contributed by atoms with Gasteiger partial charge < -0.3 is 10.2 Å². The van der Waals surface area contributed by atoms with Crippen molar-refractivity contribution >= 4 is 5.91 Å². The summed E-state index contributed by atoms with van der Waals surface area (Å²) >= 11 is 0. The van der Waals surface area contributed by atoms with Gasteiger partial charge in [-0.1, -0.05) is 13.0 Å². The molecule has 1 aromatic rings. The molecule has 0 aromatic carbocycles. The first-order valence-corrected chi connectivity index (χ1v) is 8.58. The van der Waals surface area contributed by atoms with Crippen LogP contribution in [0.1, 0.15) is 49.9 Å². The van der Waals surface area contributed by atoms with Crippen molar-refractivity contribution in [3.05, 3.63) is 29.1 Å². The van der Waals surface area contributed by atoms with E-state index < -0.39 is 0 Å². The minimum atomic E-state index is -0.252. The first-order valence-electron chi connectivity index (χ1n) is 8.58. The van der Waals surface area contributed by atoms with Crippen molar-refractivity contribution in [3.63, 3.8) is 0 Å². The Morgan fingerprint density at radius 1 is 1.41 bits per heavy atom. The third-order valence-corrected chi connectivity index (χ3v) is 5.20. The number of fused-ring (bicyclic) bond motifs is 1. The average molecular weight is 301 g/mol. The molecule has 2 heterocycles. The second kappa shape index (κ2) is 6.37. The van der Waals surface area contributed by atoms with E-state index >= 15 is 0 Å². The van der Waals surface area contributed by atoms with Crippen LogP contribution in [0.25, 0.3) is 0 Å². The van der Waals surface area contributed by atoms with E-state index in [9.17, 15) is 4.79 Å². The zero-order valence-corrected chi connectivity index (χ0v) is 13.8. The van der Waals surface area contributed by atoms with Gasteiger partial charge in [-0.3, -0.25) is 9.78 Å². The summed E-state index contributed by atoms with van der Waals surface area (Å²) in [5.74, 6) is 0.186. The first kappa shape index (κ1) is 15.5. The average Bonchev–Trinajstić information content (AvgIpc) is 3.00. The van der Waals surface area contributed by atoms with Crippen molar-refractivity contribution in [1.29, 1.82) is 0 Å². The van der Waals surface area contributed by atoms with Crippen LogP contribution in [-0.4, -0.2) is 35.4 Å².